The molecule has 0 atom stereocenters. The van der Waals surface area contributed by atoms with Crippen LogP contribution in [-0.2, 0) is 11.7 Å². The summed E-state index contributed by atoms with van der Waals surface area (Å²) in [4.78, 5) is 4.65. The fourth-order valence-electron chi connectivity index (χ4n) is 3.37. The van der Waals surface area contributed by atoms with Crippen molar-refractivity contribution in [1.82, 2.24) is 0 Å². The first-order valence-corrected chi connectivity index (χ1v) is 12.2. The van der Waals surface area contributed by atoms with Crippen molar-refractivity contribution in [2.75, 3.05) is 4.30 Å². The van der Waals surface area contributed by atoms with Gasteiger partial charge < -0.3 is 4.30 Å². The van der Waals surface area contributed by atoms with Crippen LogP contribution in [0.2, 0.25) is 5.79 Å². The Hall–Kier alpha value is -2.34. The Bertz CT molecular complexity index is 886. The van der Waals surface area contributed by atoms with Crippen LogP contribution in [0.4, 0.5) is 11.4 Å². The van der Waals surface area contributed by atoms with E-state index in [1.54, 1.807) is 0 Å². The monoisotopic (exact) mass is 370 g/mol. The van der Waals surface area contributed by atoms with Crippen LogP contribution < -0.4 is 4.30 Å². The zero-order chi connectivity index (χ0) is 19.1. The van der Waals surface area contributed by atoms with Crippen molar-refractivity contribution in [3.05, 3.63) is 95.1 Å². The second-order valence-electron chi connectivity index (χ2n) is 7.05. The summed E-state index contributed by atoms with van der Waals surface area (Å²) >= 11 is -1.11. The molecule has 1 N–H and O–H groups in total. The summed E-state index contributed by atoms with van der Waals surface area (Å²) in [6.45, 7) is 4.36. The zero-order valence-electron chi connectivity index (χ0n) is 16.4. The van der Waals surface area contributed by atoms with E-state index in [4.69, 9.17) is 0 Å². The summed E-state index contributed by atoms with van der Waals surface area (Å²) in [5, 5.41) is 1.13. The number of benzene rings is 3. The lowest BCUT2D eigenvalue weighted by Gasteiger charge is -2.15. The van der Waals surface area contributed by atoms with E-state index in [9.17, 15) is 0 Å². The van der Waals surface area contributed by atoms with Crippen LogP contribution >= 0.6 is 0 Å². The highest BCUT2D eigenvalue weighted by Crippen LogP contribution is 2.19. The van der Waals surface area contributed by atoms with E-state index in [0.29, 0.717) is 0 Å². The van der Waals surface area contributed by atoms with Gasteiger partial charge in [0.15, 0.2) is 0 Å². The molecule has 136 valence electrons. The second kappa shape index (κ2) is 9.56. The van der Waals surface area contributed by atoms with Crippen molar-refractivity contribution in [2.45, 2.75) is 31.3 Å². The van der Waals surface area contributed by atoms with Gasteiger partial charge in [-0.05, 0) is 54.0 Å². The van der Waals surface area contributed by atoms with Crippen molar-refractivity contribution in [2.24, 2.45) is 4.99 Å². The SMILES string of the molecule is CCc1c(C=Nc2ccccc2)cccc1[CH2][Al]([CH3])[NH]c1ccc(C)cc1. The van der Waals surface area contributed by atoms with E-state index in [2.05, 4.69) is 71.4 Å². The number of nitrogens with zero attached hydrogens (tertiary/aromatic N) is 1. The number of aryl methyl sites for hydroxylation is 1. The quantitative estimate of drug-likeness (QED) is 0.393. The van der Waals surface area contributed by atoms with Gasteiger partial charge in [-0.2, -0.15) is 0 Å². The highest BCUT2D eigenvalue weighted by atomic mass is 27.2. The molecule has 3 heteroatoms. The van der Waals surface area contributed by atoms with Crippen molar-refractivity contribution < 1.29 is 0 Å². The third-order valence-electron chi connectivity index (χ3n) is 4.76. The standard InChI is InChI=1S/C16H16N.C7H8N.CH3.Al/c1-3-16-13(2)8-7-9-14(16)12-17-15-10-5-4-6-11-15;1-6-2-4-7(8)5-3-6;;/h4-12H,2-3H2,1H3;2-5,8H,1H3;1H3;/q;-1;;+1. The summed E-state index contributed by atoms with van der Waals surface area (Å²) in [7, 11) is 0. The van der Waals surface area contributed by atoms with Gasteiger partial charge in [0.05, 0.1) is 5.69 Å². The van der Waals surface area contributed by atoms with Gasteiger partial charge in [0.25, 0.3) is 0 Å². The average Bonchev–Trinajstić information content (AvgIpc) is 2.69. The minimum absolute atomic E-state index is 0.994. The highest BCUT2D eigenvalue weighted by Gasteiger charge is 2.16. The Labute approximate surface area is 167 Å². The molecule has 0 fully saturated rings. The number of nitrogens with one attached hydrogen (secondary N) is 1. The molecule has 0 saturated carbocycles. The van der Waals surface area contributed by atoms with Crippen LogP contribution in [0.3, 0.4) is 0 Å². The molecule has 0 heterocycles. The van der Waals surface area contributed by atoms with Crippen LogP contribution in [-0.4, -0.2) is 20.6 Å². The van der Waals surface area contributed by atoms with Crippen molar-refractivity contribution in [1.29, 1.82) is 0 Å². The number of anilines is 1. The van der Waals surface area contributed by atoms with Gasteiger partial charge >= 0.3 is 14.4 Å². The summed E-state index contributed by atoms with van der Waals surface area (Å²) < 4.78 is 3.75. The molecule has 2 nitrogen and oxygen atoms in total. The van der Waals surface area contributed by atoms with Crippen LogP contribution in [0, 0.1) is 6.92 Å². The van der Waals surface area contributed by atoms with E-state index >= 15 is 0 Å². The first-order valence-electron chi connectivity index (χ1n) is 9.69. The predicted molar refractivity (Wildman–Crippen MR) is 120 cm³/mol. The normalized spacial score (nSPS) is 10.9. The lowest BCUT2D eigenvalue weighted by molar-refractivity contribution is 1.09. The number of para-hydroxylation sites is 1. The molecule has 0 spiro atoms. The molecule has 0 aliphatic carbocycles. The van der Waals surface area contributed by atoms with Crippen molar-refractivity contribution in [3.8, 4) is 0 Å². The number of hydrogen-bond acceptors (Lipinski definition) is 2. The predicted octanol–water partition coefficient (Wildman–Crippen LogP) is 6.12. The van der Waals surface area contributed by atoms with Crippen LogP contribution in [0.15, 0.2) is 77.8 Å². The Morgan fingerprint density at radius 1 is 0.926 bits per heavy atom. The lowest BCUT2D eigenvalue weighted by Crippen LogP contribution is -2.24. The second-order valence-corrected chi connectivity index (χ2v) is 9.55. The maximum Gasteiger partial charge on any atom is 0.412 e. The number of rotatable bonds is 7. The third-order valence-corrected chi connectivity index (χ3v) is 6.64. The molecule has 0 aromatic heterocycles. The van der Waals surface area contributed by atoms with E-state index in [-0.39, 0.29) is 0 Å². The minimum atomic E-state index is -1.11. The molecule has 0 bridgehead atoms. The molecule has 0 aliphatic rings. The molecule has 27 heavy (non-hydrogen) atoms. The van der Waals surface area contributed by atoms with Gasteiger partial charge in [0.1, 0.15) is 0 Å². The fourth-order valence-corrected chi connectivity index (χ4v) is 5.28. The van der Waals surface area contributed by atoms with Gasteiger partial charge in [-0.1, -0.05) is 72.4 Å². The molecule has 3 aromatic carbocycles. The maximum atomic E-state index is 4.65. The third kappa shape index (κ3) is 5.57. The topological polar surface area (TPSA) is 24.4 Å². The maximum absolute atomic E-state index is 4.65. The van der Waals surface area contributed by atoms with Crippen LogP contribution in [0.5, 0.6) is 0 Å². The summed E-state index contributed by atoms with van der Waals surface area (Å²) in [5.74, 6) is 2.38. The average molecular weight is 370 g/mol. The molecule has 0 amide bonds. The van der Waals surface area contributed by atoms with Crippen LogP contribution in [0.1, 0.15) is 29.2 Å². The Kier molecular flexibility index (Phi) is 6.87. The molecule has 0 unspecified atom stereocenters. The van der Waals surface area contributed by atoms with Crippen LogP contribution in [0.25, 0.3) is 0 Å². The summed E-state index contributed by atoms with van der Waals surface area (Å²) in [6.07, 6.45) is 3.04. The molecule has 3 rings (SSSR count). The molecular formula is C24H27AlN2. The molecule has 0 aliphatic heterocycles. The summed E-state index contributed by atoms with van der Waals surface area (Å²) in [6, 6.07) is 25.4. The number of aliphatic imine (C=N–C) groups is 1. The van der Waals surface area contributed by atoms with Gasteiger partial charge in [-0.15, -0.1) is 0 Å². The minimum Gasteiger partial charge on any atom is -0.476 e. The van der Waals surface area contributed by atoms with Crippen molar-refractivity contribution >= 4 is 32.0 Å². The molecule has 3 aromatic rings. The van der Waals surface area contributed by atoms with Gasteiger partial charge in [0, 0.05) is 11.9 Å². The molecule has 0 radical (unpaired) electrons. The Balaban J connectivity index is 1.75. The molecule has 0 saturated heterocycles. The van der Waals surface area contributed by atoms with Gasteiger partial charge in [0.2, 0.25) is 0 Å². The zero-order valence-corrected chi connectivity index (χ0v) is 17.6. The highest BCUT2D eigenvalue weighted by molar-refractivity contribution is 6.60. The first-order chi connectivity index (χ1) is 13.2. The fraction of sp³-hybridized carbons (Fsp3) is 0.208. The van der Waals surface area contributed by atoms with E-state index in [1.807, 2.05) is 36.5 Å². The van der Waals surface area contributed by atoms with E-state index in [1.165, 1.54) is 27.9 Å². The first kappa shape index (κ1) is 19.4. The molecular weight excluding hydrogens is 343 g/mol. The summed E-state index contributed by atoms with van der Waals surface area (Å²) in [5.41, 5.74) is 7.63. The van der Waals surface area contributed by atoms with E-state index in [0.717, 1.165) is 17.4 Å². The van der Waals surface area contributed by atoms with Crippen molar-refractivity contribution in [3.63, 3.8) is 0 Å². The van der Waals surface area contributed by atoms with E-state index < -0.39 is 14.4 Å². The Morgan fingerprint density at radius 3 is 2.37 bits per heavy atom. The van der Waals surface area contributed by atoms with Gasteiger partial charge in [-0.25, -0.2) is 0 Å². The van der Waals surface area contributed by atoms with Gasteiger partial charge in [-0.3, -0.25) is 4.99 Å². The number of hydrogen-bond donors (Lipinski definition) is 1. The lowest BCUT2D eigenvalue weighted by atomic mass is 10.0. The Morgan fingerprint density at radius 2 is 1.67 bits per heavy atom. The smallest absolute Gasteiger partial charge is 0.412 e. The largest absolute Gasteiger partial charge is 0.476 e.